The lowest BCUT2D eigenvalue weighted by molar-refractivity contribution is 0.620. The van der Waals surface area contributed by atoms with Gasteiger partial charge in [0.1, 0.15) is 0 Å². The van der Waals surface area contributed by atoms with Crippen LogP contribution in [0.2, 0.25) is 0 Å². The molecule has 0 bridgehead atoms. The number of rotatable bonds is 2. The van der Waals surface area contributed by atoms with Crippen molar-refractivity contribution in [2.75, 3.05) is 11.1 Å². The predicted molar refractivity (Wildman–Crippen MR) is 70.7 cm³/mol. The number of hydrogen-bond donors (Lipinski definition) is 2. The van der Waals surface area contributed by atoms with E-state index in [0.717, 1.165) is 11.4 Å². The minimum Gasteiger partial charge on any atom is -0.397 e. The van der Waals surface area contributed by atoms with Gasteiger partial charge in [-0.1, -0.05) is 31.7 Å². The zero-order valence-corrected chi connectivity index (χ0v) is 10.1. The first-order chi connectivity index (χ1) is 7.75. The van der Waals surface area contributed by atoms with Gasteiger partial charge in [-0.15, -0.1) is 0 Å². The van der Waals surface area contributed by atoms with Crippen LogP contribution in [0, 0.1) is 6.92 Å². The molecule has 0 spiro atoms. The first-order valence-electron chi connectivity index (χ1n) is 6.38. The van der Waals surface area contributed by atoms with E-state index in [1.54, 1.807) is 0 Å². The van der Waals surface area contributed by atoms with E-state index in [4.69, 9.17) is 5.73 Å². The highest BCUT2D eigenvalue weighted by Crippen LogP contribution is 2.25. The average molecular weight is 218 g/mol. The van der Waals surface area contributed by atoms with Gasteiger partial charge in [-0.05, 0) is 37.5 Å². The van der Waals surface area contributed by atoms with Gasteiger partial charge in [0.25, 0.3) is 0 Å². The van der Waals surface area contributed by atoms with Crippen LogP contribution in [0.1, 0.15) is 44.1 Å². The lowest BCUT2D eigenvalue weighted by Gasteiger charge is -2.19. The van der Waals surface area contributed by atoms with Crippen molar-refractivity contribution >= 4 is 11.4 Å². The number of nitrogens with two attached hydrogens (primary N) is 1. The first kappa shape index (κ1) is 11.3. The van der Waals surface area contributed by atoms with Crippen LogP contribution in [0.4, 0.5) is 11.4 Å². The van der Waals surface area contributed by atoms with E-state index < -0.39 is 0 Å². The predicted octanol–water partition coefficient (Wildman–Crippen LogP) is 3.71. The van der Waals surface area contributed by atoms with Crippen LogP contribution >= 0.6 is 0 Å². The topological polar surface area (TPSA) is 38.0 Å². The van der Waals surface area contributed by atoms with Gasteiger partial charge in [-0.3, -0.25) is 0 Å². The molecular weight excluding hydrogens is 196 g/mol. The molecular formula is C14H22N2. The highest BCUT2D eigenvalue weighted by Gasteiger charge is 2.12. The minimum atomic E-state index is 0.618. The summed E-state index contributed by atoms with van der Waals surface area (Å²) in [5, 5.41) is 3.59. The van der Waals surface area contributed by atoms with Crippen LogP contribution < -0.4 is 11.1 Å². The van der Waals surface area contributed by atoms with Crippen LogP contribution in [-0.2, 0) is 0 Å². The number of hydrogen-bond acceptors (Lipinski definition) is 2. The van der Waals surface area contributed by atoms with E-state index in [1.165, 1.54) is 44.1 Å². The zero-order chi connectivity index (χ0) is 11.4. The van der Waals surface area contributed by atoms with Gasteiger partial charge in [0, 0.05) is 6.04 Å². The smallest absolute Gasteiger partial charge is 0.0576 e. The summed E-state index contributed by atoms with van der Waals surface area (Å²) >= 11 is 0. The summed E-state index contributed by atoms with van der Waals surface area (Å²) in [5.41, 5.74) is 9.23. The molecule has 88 valence electrons. The van der Waals surface area contributed by atoms with Crippen LogP contribution in [-0.4, -0.2) is 6.04 Å². The normalized spacial score (nSPS) is 18.1. The number of benzene rings is 1. The van der Waals surface area contributed by atoms with Crippen molar-refractivity contribution in [2.24, 2.45) is 0 Å². The summed E-state index contributed by atoms with van der Waals surface area (Å²) in [5.74, 6) is 0. The number of nitrogens with one attached hydrogen (secondary N) is 1. The van der Waals surface area contributed by atoms with Crippen molar-refractivity contribution in [1.82, 2.24) is 0 Å². The van der Waals surface area contributed by atoms with Gasteiger partial charge in [-0.25, -0.2) is 0 Å². The van der Waals surface area contributed by atoms with Crippen LogP contribution in [0.5, 0.6) is 0 Å². The quantitative estimate of drug-likeness (QED) is 0.586. The molecule has 1 aromatic rings. The van der Waals surface area contributed by atoms with E-state index in [1.807, 2.05) is 6.07 Å². The molecule has 3 N–H and O–H groups in total. The Labute approximate surface area is 98.2 Å². The Hall–Kier alpha value is -1.18. The van der Waals surface area contributed by atoms with Crippen molar-refractivity contribution in [3.8, 4) is 0 Å². The summed E-state index contributed by atoms with van der Waals surface area (Å²) in [6.07, 6.45) is 8.05. The summed E-state index contributed by atoms with van der Waals surface area (Å²) in [4.78, 5) is 0. The molecule has 16 heavy (non-hydrogen) atoms. The van der Waals surface area contributed by atoms with Crippen LogP contribution in [0.25, 0.3) is 0 Å². The van der Waals surface area contributed by atoms with Gasteiger partial charge < -0.3 is 11.1 Å². The molecule has 0 heterocycles. The van der Waals surface area contributed by atoms with Gasteiger partial charge in [-0.2, -0.15) is 0 Å². The fraction of sp³-hybridized carbons (Fsp3) is 0.571. The van der Waals surface area contributed by atoms with Crippen molar-refractivity contribution < 1.29 is 0 Å². The molecule has 0 radical (unpaired) electrons. The Balaban J connectivity index is 2.01. The van der Waals surface area contributed by atoms with Gasteiger partial charge in [0.2, 0.25) is 0 Å². The standard InChI is InChI=1S/C14H22N2/c1-11-8-9-14(13(15)10-11)16-12-6-4-2-3-5-7-12/h8-10,12,16H,2-7,15H2,1H3. The third-order valence-electron chi connectivity index (χ3n) is 3.42. The molecule has 2 heteroatoms. The second kappa shape index (κ2) is 5.24. The van der Waals surface area contributed by atoms with E-state index in [2.05, 4.69) is 24.4 Å². The molecule has 0 atom stereocenters. The molecule has 0 unspecified atom stereocenters. The first-order valence-corrected chi connectivity index (χ1v) is 6.38. The van der Waals surface area contributed by atoms with E-state index >= 15 is 0 Å². The second-order valence-electron chi connectivity index (χ2n) is 4.92. The highest BCUT2D eigenvalue weighted by molar-refractivity contribution is 5.67. The fourth-order valence-electron chi connectivity index (χ4n) is 2.46. The van der Waals surface area contributed by atoms with Gasteiger partial charge in [0.15, 0.2) is 0 Å². The zero-order valence-electron chi connectivity index (χ0n) is 10.1. The maximum atomic E-state index is 6.02. The summed E-state index contributed by atoms with van der Waals surface area (Å²) in [6.45, 7) is 2.08. The van der Waals surface area contributed by atoms with Crippen molar-refractivity contribution in [3.05, 3.63) is 23.8 Å². The van der Waals surface area contributed by atoms with E-state index in [-0.39, 0.29) is 0 Å². The largest absolute Gasteiger partial charge is 0.397 e. The lowest BCUT2D eigenvalue weighted by atomic mass is 10.1. The third kappa shape index (κ3) is 2.91. The number of nitrogen functional groups attached to an aromatic ring is 1. The molecule has 1 aliphatic rings. The average Bonchev–Trinajstić information content (AvgIpc) is 2.51. The Kier molecular flexibility index (Phi) is 3.70. The van der Waals surface area contributed by atoms with Crippen LogP contribution in [0.15, 0.2) is 18.2 Å². The van der Waals surface area contributed by atoms with Crippen molar-refractivity contribution in [2.45, 2.75) is 51.5 Å². The van der Waals surface area contributed by atoms with Gasteiger partial charge >= 0.3 is 0 Å². The molecule has 1 aliphatic carbocycles. The molecule has 0 amide bonds. The maximum absolute atomic E-state index is 6.02. The fourth-order valence-corrected chi connectivity index (χ4v) is 2.46. The van der Waals surface area contributed by atoms with Crippen molar-refractivity contribution in [3.63, 3.8) is 0 Å². The summed E-state index contributed by atoms with van der Waals surface area (Å²) < 4.78 is 0. The molecule has 1 fully saturated rings. The monoisotopic (exact) mass is 218 g/mol. The summed E-state index contributed by atoms with van der Waals surface area (Å²) in [7, 11) is 0. The maximum Gasteiger partial charge on any atom is 0.0576 e. The highest BCUT2D eigenvalue weighted by atomic mass is 14.9. The van der Waals surface area contributed by atoms with Crippen molar-refractivity contribution in [1.29, 1.82) is 0 Å². The molecule has 1 saturated carbocycles. The van der Waals surface area contributed by atoms with Crippen LogP contribution in [0.3, 0.4) is 0 Å². The van der Waals surface area contributed by atoms with Gasteiger partial charge in [0.05, 0.1) is 11.4 Å². The molecule has 0 aromatic heterocycles. The second-order valence-corrected chi connectivity index (χ2v) is 4.92. The Morgan fingerprint density at radius 2 is 1.81 bits per heavy atom. The molecule has 0 saturated heterocycles. The number of anilines is 2. The number of aryl methyl sites for hydroxylation is 1. The lowest BCUT2D eigenvalue weighted by Crippen LogP contribution is -2.19. The Bertz CT molecular complexity index is 339. The summed E-state index contributed by atoms with van der Waals surface area (Å²) in [6, 6.07) is 6.89. The molecule has 2 nitrogen and oxygen atoms in total. The molecule has 2 rings (SSSR count). The molecule has 0 aliphatic heterocycles. The van der Waals surface area contributed by atoms with E-state index in [9.17, 15) is 0 Å². The minimum absolute atomic E-state index is 0.618. The Morgan fingerprint density at radius 3 is 2.44 bits per heavy atom. The third-order valence-corrected chi connectivity index (χ3v) is 3.42. The Morgan fingerprint density at radius 1 is 1.12 bits per heavy atom. The SMILES string of the molecule is Cc1ccc(NC2CCCCCC2)c(N)c1. The molecule has 1 aromatic carbocycles. The van der Waals surface area contributed by atoms with E-state index in [0.29, 0.717) is 6.04 Å².